The van der Waals surface area contributed by atoms with Crippen molar-refractivity contribution in [3.8, 4) is 22.8 Å². The summed E-state index contributed by atoms with van der Waals surface area (Å²) in [5.41, 5.74) is 9.48. The summed E-state index contributed by atoms with van der Waals surface area (Å²) in [7, 11) is 0. The first-order chi connectivity index (χ1) is 17.0. The summed E-state index contributed by atoms with van der Waals surface area (Å²) in [6.45, 7) is 4.54. The van der Waals surface area contributed by atoms with Crippen LogP contribution in [0.1, 0.15) is 23.0 Å². The van der Waals surface area contributed by atoms with Crippen LogP contribution in [0.2, 0.25) is 0 Å². The van der Waals surface area contributed by atoms with E-state index in [-0.39, 0.29) is 5.69 Å². The Labute approximate surface area is 207 Å². The topological polar surface area (TPSA) is 95.9 Å². The summed E-state index contributed by atoms with van der Waals surface area (Å²) >= 11 is 1.48. The van der Waals surface area contributed by atoms with Crippen molar-refractivity contribution in [3.05, 3.63) is 90.1 Å². The molecule has 3 aromatic carbocycles. The minimum Gasteiger partial charge on any atom is -0.494 e. The van der Waals surface area contributed by atoms with Gasteiger partial charge in [-0.1, -0.05) is 47.7 Å². The molecule has 5 aromatic rings. The van der Waals surface area contributed by atoms with E-state index in [0.717, 1.165) is 27.5 Å². The van der Waals surface area contributed by atoms with Crippen molar-refractivity contribution in [2.75, 3.05) is 6.61 Å². The number of primary amides is 1. The number of carbonyl (C=O) groups excluding carboxylic acids is 1. The van der Waals surface area contributed by atoms with E-state index in [1.165, 1.54) is 11.8 Å². The van der Waals surface area contributed by atoms with Crippen molar-refractivity contribution < 1.29 is 9.53 Å². The highest BCUT2D eigenvalue weighted by Gasteiger charge is 2.23. The van der Waals surface area contributed by atoms with E-state index in [1.54, 1.807) is 0 Å². The molecule has 0 radical (unpaired) electrons. The SMILES string of the molecule is CCOc1ccc(-c2nc(C(N)=O)c3nc(Sc4ccccc4)n(-c4ccc(C)cc4)c3n2)cc1. The van der Waals surface area contributed by atoms with Gasteiger partial charge in [-0.3, -0.25) is 9.36 Å². The summed E-state index contributed by atoms with van der Waals surface area (Å²) in [6, 6.07) is 25.4. The third-order valence-electron chi connectivity index (χ3n) is 5.38. The molecule has 0 saturated heterocycles. The molecule has 2 N–H and O–H groups in total. The second-order valence-electron chi connectivity index (χ2n) is 7.87. The summed E-state index contributed by atoms with van der Waals surface area (Å²) < 4.78 is 7.49. The third-order valence-corrected chi connectivity index (χ3v) is 6.34. The Kier molecular flexibility index (Phi) is 6.20. The van der Waals surface area contributed by atoms with Crippen LogP contribution < -0.4 is 10.5 Å². The van der Waals surface area contributed by atoms with Crippen molar-refractivity contribution in [1.82, 2.24) is 19.5 Å². The fourth-order valence-electron chi connectivity index (χ4n) is 3.69. The number of nitrogens with zero attached hydrogens (tertiary/aromatic N) is 4. The highest BCUT2D eigenvalue weighted by Crippen LogP contribution is 2.34. The van der Waals surface area contributed by atoms with Crippen LogP contribution in [0, 0.1) is 6.92 Å². The Bertz CT molecular complexity index is 1500. The van der Waals surface area contributed by atoms with Gasteiger partial charge in [0.1, 0.15) is 11.3 Å². The quantitative estimate of drug-likeness (QED) is 0.333. The summed E-state index contributed by atoms with van der Waals surface area (Å²) in [6.07, 6.45) is 0. The smallest absolute Gasteiger partial charge is 0.269 e. The van der Waals surface area contributed by atoms with Crippen molar-refractivity contribution in [3.63, 3.8) is 0 Å². The van der Waals surface area contributed by atoms with Gasteiger partial charge in [-0.05, 0) is 62.4 Å². The fourth-order valence-corrected chi connectivity index (χ4v) is 4.62. The van der Waals surface area contributed by atoms with E-state index < -0.39 is 5.91 Å². The minimum atomic E-state index is -0.658. The molecule has 0 bridgehead atoms. The molecular weight excluding hydrogens is 458 g/mol. The van der Waals surface area contributed by atoms with Gasteiger partial charge in [0, 0.05) is 16.1 Å². The van der Waals surface area contributed by atoms with Gasteiger partial charge in [-0.25, -0.2) is 15.0 Å². The molecule has 0 saturated carbocycles. The van der Waals surface area contributed by atoms with Gasteiger partial charge in [0.05, 0.1) is 6.61 Å². The van der Waals surface area contributed by atoms with E-state index in [4.69, 9.17) is 20.4 Å². The van der Waals surface area contributed by atoms with Gasteiger partial charge in [-0.2, -0.15) is 0 Å². The molecule has 174 valence electrons. The number of fused-ring (bicyclic) bond motifs is 1. The fraction of sp³-hybridized carbons (Fsp3) is 0.111. The number of aromatic nitrogens is 4. The molecule has 0 atom stereocenters. The van der Waals surface area contributed by atoms with Crippen LogP contribution in [0.25, 0.3) is 28.2 Å². The number of aryl methyl sites for hydroxylation is 1. The number of carbonyl (C=O) groups is 1. The lowest BCUT2D eigenvalue weighted by molar-refractivity contribution is 0.0997. The first kappa shape index (κ1) is 22.6. The summed E-state index contributed by atoms with van der Waals surface area (Å²) in [4.78, 5) is 27.6. The maximum absolute atomic E-state index is 12.5. The number of rotatable bonds is 7. The van der Waals surface area contributed by atoms with E-state index >= 15 is 0 Å². The molecule has 0 aliphatic heterocycles. The van der Waals surface area contributed by atoms with Crippen molar-refractivity contribution >= 4 is 28.8 Å². The van der Waals surface area contributed by atoms with Crippen LogP contribution in [0.4, 0.5) is 0 Å². The van der Waals surface area contributed by atoms with Crippen LogP contribution in [0.3, 0.4) is 0 Å². The van der Waals surface area contributed by atoms with E-state index in [9.17, 15) is 4.79 Å². The third kappa shape index (κ3) is 4.61. The van der Waals surface area contributed by atoms with E-state index in [0.29, 0.717) is 28.8 Å². The molecule has 2 aromatic heterocycles. The van der Waals surface area contributed by atoms with Gasteiger partial charge in [-0.15, -0.1) is 0 Å². The van der Waals surface area contributed by atoms with Crippen LogP contribution in [0.5, 0.6) is 5.75 Å². The number of imidazole rings is 1. The molecule has 0 unspecified atom stereocenters. The number of ether oxygens (including phenoxy) is 1. The molecular formula is C27H23N5O2S. The molecule has 8 heteroatoms. The highest BCUT2D eigenvalue weighted by atomic mass is 32.2. The molecule has 1 amide bonds. The molecule has 35 heavy (non-hydrogen) atoms. The maximum atomic E-state index is 12.5. The van der Waals surface area contributed by atoms with Gasteiger partial charge in [0.2, 0.25) is 0 Å². The lowest BCUT2D eigenvalue weighted by atomic mass is 10.2. The predicted octanol–water partition coefficient (Wildman–Crippen LogP) is 5.44. The molecule has 0 aliphatic rings. The standard InChI is InChI=1S/C27H23N5O2S/c1-3-34-20-15-11-18(12-16-20)25-29-22(24(28)33)23-26(31-25)32(19-13-9-17(2)10-14-19)27(30-23)35-21-7-5-4-6-8-21/h4-16H,3H2,1-2H3,(H2,28,33). The van der Waals surface area contributed by atoms with Crippen molar-refractivity contribution in [1.29, 1.82) is 0 Å². The second-order valence-corrected chi connectivity index (χ2v) is 8.91. The lowest BCUT2D eigenvalue weighted by Gasteiger charge is -2.10. The normalized spacial score (nSPS) is 11.0. The molecule has 7 nitrogen and oxygen atoms in total. The average Bonchev–Trinajstić information content (AvgIpc) is 3.23. The zero-order valence-electron chi connectivity index (χ0n) is 19.3. The van der Waals surface area contributed by atoms with Gasteiger partial charge < -0.3 is 10.5 Å². The predicted molar refractivity (Wildman–Crippen MR) is 137 cm³/mol. The zero-order chi connectivity index (χ0) is 24.4. The van der Waals surface area contributed by atoms with E-state index in [1.807, 2.05) is 97.3 Å². The Hall–Kier alpha value is -4.17. The van der Waals surface area contributed by atoms with Crippen LogP contribution in [0.15, 0.2) is 88.9 Å². The zero-order valence-corrected chi connectivity index (χ0v) is 20.1. The van der Waals surface area contributed by atoms with E-state index in [2.05, 4.69) is 4.98 Å². The largest absolute Gasteiger partial charge is 0.494 e. The Balaban J connectivity index is 1.74. The Morgan fingerprint density at radius 1 is 0.943 bits per heavy atom. The Morgan fingerprint density at radius 2 is 1.66 bits per heavy atom. The first-order valence-corrected chi connectivity index (χ1v) is 12.0. The summed E-state index contributed by atoms with van der Waals surface area (Å²) in [5, 5.41) is 0.663. The Morgan fingerprint density at radius 3 is 2.31 bits per heavy atom. The van der Waals surface area contributed by atoms with Gasteiger partial charge in [0.25, 0.3) is 5.91 Å². The maximum Gasteiger partial charge on any atom is 0.269 e. The second kappa shape index (κ2) is 9.60. The molecule has 2 heterocycles. The lowest BCUT2D eigenvalue weighted by Crippen LogP contribution is -2.15. The van der Waals surface area contributed by atoms with Crippen molar-refractivity contribution in [2.45, 2.75) is 23.9 Å². The first-order valence-electron chi connectivity index (χ1n) is 11.2. The minimum absolute atomic E-state index is 0.0830. The number of nitrogens with two attached hydrogens (primary N) is 1. The van der Waals surface area contributed by atoms with Gasteiger partial charge >= 0.3 is 0 Å². The number of hydrogen-bond acceptors (Lipinski definition) is 6. The van der Waals surface area contributed by atoms with Crippen LogP contribution in [-0.2, 0) is 0 Å². The number of hydrogen-bond donors (Lipinski definition) is 1. The average molecular weight is 482 g/mol. The van der Waals surface area contributed by atoms with Crippen LogP contribution in [-0.4, -0.2) is 32.0 Å². The molecule has 0 spiro atoms. The van der Waals surface area contributed by atoms with Crippen LogP contribution >= 0.6 is 11.8 Å². The van der Waals surface area contributed by atoms with Gasteiger partial charge in [0.15, 0.2) is 22.3 Å². The molecule has 0 aliphatic carbocycles. The number of benzene rings is 3. The monoisotopic (exact) mass is 481 g/mol. The number of amides is 1. The highest BCUT2D eigenvalue weighted by molar-refractivity contribution is 7.99. The van der Waals surface area contributed by atoms with Crippen molar-refractivity contribution in [2.24, 2.45) is 5.73 Å². The summed E-state index contributed by atoms with van der Waals surface area (Å²) in [5.74, 6) is 0.479. The molecule has 0 fully saturated rings. The molecule has 5 rings (SSSR count).